The Morgan fingerprint density at radius 2 is 1.93 bits per heavy atom. The summed E-state index contributed by atoms with van der Waals surface area (Å²) in [5.74, 6) is 1.71. The van der Waals surface area contributed by atoms with Crippen molar-refractivity contribution < 1.29 is 0 Å². The molecular formula is C22H22N4S3. The zero-order valence-electron chi connectivity index (χ0n) is 16.4. The molecule has 0 unspecified atom stereocenters. The molecule has 0 fully saturated rings. The Bertz CT molecular complexity index is 1190. The fraction of sp³-hybridized carbons (Fsp3) is 0.318. The number of fused-ring (bicyclic) bond motifs is 5. The van der Waals surface area contributed by atoms with E-state index in [0.29, 0.717) is 0 Å². The molecule has 0 spiro atoms. The number of aromatic nitrogens is 4. The van der Waals surface area contributed by atoms with Crippen molar-refractivity contribution in [1.82, 2.24) is 19.6 Å². The van der Waals surface area contributed by atoms with Crippen LogP contribution in [0, 0.1) is 0 Å². The fourth-order valence-corrected chi connectivity index (χ4v) is 6.80. The number of thiophene rings is 1. The highest BCUT2D eigenvalue weighted by molar-refractivity contribution is 7.99. The summed E-state index contributed by atoms with van der Waals surface area (Å²) in [6.07, 6.45) is 4.82. The van der Waals surface area contributed by atoms with E-state index < -0.39 is 0 Å². The second-order valence-corrected chi connectivity index (χ2v) is 10.4. The van der Waals surface area contributed by atoms with E-state index >= 15 is 0 Å². The van der Waals surface area contributed by atoms with Crippen molar-refractivity contribution in [1.29, 1.82) is 0 Å². The lowest BCUT2D eigenvalue weighted by atomic mass is 9.97. The molecule has 3 aromatic heterocycles. The first-order valence-corrected chi connectivity index (χ1v) is 12.6. The van der Waals surface area contributed by atoms with Crippen LogP contribution in [0.1, 0.15) is 35.8 Å². The molecule has 29 heavy (non-hydrogen) atoms. The van der Waals surface area contributed by atoms with Gasteiger partial charge in [-0.1, -0.05) is 66.0 Å². The predicted molar refractivity (Wildman–Crippen MR) is 124 cm³/mol. The van der Waals surface area contributed by atoms with Crippen LogP contribution in [0.15, 0.2) is 52.8 Å². The van der Waals surface area contributed by atoms with Crippen LogP contribution in [0.25, 0.3) is 15.9 Å². The molecule has 0 saturated carbocycles. The molecule has 0 saturated heterocycles. The van der Waals surface area contributed by atoms with Gasteiger partial charge in [0.1, 0.15) is 4.83 Å². The Balaban J connectivity index is 1.64. The van der Waals surface area contributed by atoms with Gasteiger partial charge in [-0.05, 0) is 43.7 Å². The largest absolute Gasteiger partial charge is 0.247 e. The SMILES string of the molecule is C=C(C)CSc1nnc2c3c4c(sc3nc(SCc3ccccc3)n12)CCCC4. The number of nitrogens with zero attached hydrogens (tertiary/aromatic N) is 4. The maximum atomic E-state index is 5.11. The molecule has 3 heterocycles. The van der Waals surface area contributed by atoms with E-state index in [9.17, 15) is 0 Å². The first-order valence-electron chi connectivity index (χ1n) is 9.84. The number of benzene rings is 1. The number of hydrogen-bond acceptors (Lipinski definition) is 6. The second kappa shape index (κ2) is 8.13. The van der Waals surface area contributed by atoms with Gasteiger partial charge < -0.3 is 0 Å². The third kappa shape index (κ3) is 3.71. The van der Waals surface area contributed by atoms with Crippen LogP contribution in [-0.2, 0) is 18.6 Å². The van der Waals surface area contributed by atoms with Crippen LogP contribution >= 0.6 is 34.9 Å². The lowest BCUT2D eigenvalue weighted by Crippen LogP contribution is -2.01. The van der Waals surface area contributed by atoms with Gasteiger partial charge in [0.15, 0.2) is 16.0 Å². The maximum absolute atomic E-state index is 5.11. The van der Waals surface area contributed by atoms with Gasteiger partial charge in [-0.15, -0.1) is 21.5 Å². The summed E-state index contributed by atoms with van der Waals surface area (Å²) in [6.45, 7) is 6.08. The van der Waals surface area contributed by atoms with E-state index in [1.165, 1.54) is 40.7 Å². The molecule has 1 aliphatic rings. The summed E-state index contributed by atoms with van der Waals surface area (Å²) in [4.78, 5) is 7.72. The number of aryl methyl sites for hydroxylation is 2. The highest BCUT2D eigenvalue weighted by Crippen LogP contribution is 2.40. The van der Waals surface area contributed by atoms with Gasteiger partial charge in [-0.3, -0.25) is 0 Å². The van der Waals surface area contributed by atoms with E-state index in [-0.39, 0.29) is 0 Å². The topological polar surface area (TPSA) is 43.1 Å². The average Bonchev–Trinajstić information content (AvgIpc) is 3.32. The smallest absolute Gasteiger partial charge is 0.198 e. The third-order valence-corrected chi connectivity index (χ3v) is 8.41. The maximum Gasteiger partial charge on any atom is 0.198 e. The van der Waals surface area contributed by atoms with Gasteiger partial charge in [-0.25, -0.2) is 9.38 Å². The van der Waals surface area contributed by atoms with E-state index in [2.05, 4.69) is 51.5 Å². The summed E-state index contributed by atoms with van der Waals surface area (Å²) in [7, 11) is 0. The quantitative estimate of drug-likeness (QED) is 0.204. The summed E-state index contributed by atoms with van der Waals surface area (Å²) < 4.78 is 2.17. The Labute approximate surface area is 182 Å². The Morgan fingerprint density at radius 3 is 2.76 bits per heavy atom. The molecule has 0 atom stereocenters. The van der Waals surface area contributed by atoms with E-state index in [1.807, 2.05) is 18.3 Å². The minimum absolute atomic E-state index is 0.837. The minimum Gasteiger partial charge on any atom is -0.247 e. The van der Waals surface area contributed by atoms with E-state index in [1.54, 1.807) is 23.5 Å². The lowest BCUT2D eigenvalue weighted by Gasteiger charge is -2.11. The van der Waals surface area contributed by atoms with Crippen LogP contribution in [0.2, 0.25) is 0 Å². The molecule has 1 aromatic carbocycles. The van der Waals surface area contributed by atoms with Crippen molar-refractivity contribution >= 4 is 50.7 Å². The molecule has 0 N–H and O–H groups in total. The summed E-state index contributed by atoms with van der Waals surface area (Å²) in [5, 5.41) is 12.3. The van der Waals surface area contributed by atoms with Crippen molar-refractivity contribution in [3.8, 4) is 0 Å². The van der Waals surface area contributed by atoms with Gasteiger partial charge >= 0.3 is 0 Å². The first-order chi connectivity index (χ1) is 14.2. The number of thioether (sulfide) groups is 2. The molecular weight excluding hydrogens is 416 g/mol. The van der Waals surface area contributed by atoms with Gasteiger partial charge in [0, 0.05) is 16.4 Å². The minimum atomic E-state index is 0.837. The molecule has 4 nitrogen and oxygen atoms in total. The van der Waals surface area contributed by atoms with Crippen molar-refractivity contribution in [2.45, 2.75) is 48.7 Å². The first kappa shape index (κ1) is 19.2. The van der Waals surface area contributed by atoms with Crippen LogP contribution in [0.3, 0.4) is 0 Å². The Kier molecular flexibility index (Phi) is 5.37. The van der Waals surface area contributed by atoms with Crippen molar-refractivity contribution in [3.05, 3.63) is 58.5 Å². The number of rotatable bonds is 6. The predicted octanol–water partition coefficient (Wildman–Crippen LogP) is 6.18. The van der Waals surface area contributed by atoms with Crippen LogP contribution in [-0.4, -0.2) is 25.3 Å². The zero-order chi connectivity index (χ0) is 19.8. The second-order valence-electron chi connectivity index (χ2n) is 7.45. The molecule has 0 bridgehead atoms. The van der Waals surface area contributed by atoms with Gasteiger partial charge in [0.05, 0.1) is 5.39 Å². The molecule has 0 radical (unpaired) electrons. The van der Waals surface area contributed by atoms with Crippen LogP contribution in [0.5, 0.6) is 0 Å². The number of hydrogen-bond donors (Lipinski definition) is 0. The highest BCUT2D eigenvalue weighted by Gasteiger charge is 2.23. The Morgan fingerprint density at radius 1 is 1.10 bits per heavy atom. The molecule has 148 valence electrons. The summed E-state index contributed by atoms with van der Waals surface area (Å²) in [5.41, 5.74) is 4.85. The summed E-state index contributed by atoms with van der Waals surface area (Å²) in [6, 6.07) is 10.6. The average molecular weight is 439 g/mol. The van der Waals surface area contributed by atoms with Gasteiger partial charge in [-0.2, -0.15) is 0 Å². The molecule has 1 aliphatic carbocycles. The van der Waals surface area contributed by atoms with Gasteiger partial charge in [0.25, 0.3) is 0 Å². The molecule has 0 aliphatic heterocycles. The van der Waals surface area contributed by atoms with Crippen molar-refractivity contribution in [2.24, 2.45) is 0 Å². The van der Waals surface area contributed by atoms with Gasteiger partial charge in [0.2, 0.25) is 0 Å². The van der Waals surface area contributed by atoms with E-state index in [0.717, 1.165) is 44.3 Å². The van der Waals surface area contributed by atoms with E-state index in [4.69, 9.17) is 4.98 Å². The normalized spacial score (nSPS) is 13.8. The molecule has 7 heteroatoms. The monoisotopic (exact) mass is 438 g/mol. The molecule has 5 rings (SSSR count). The van der Waals surface area contributed by atoms with Crippen LogP contribution in [0.4, 0.5) is 0 Å². The standard InChI is InChI=1S/C22H22N4S3/c1-14(2)12-27-22-25-24-19-18-16-10-6-7-11-17(16)29-20(18)23-21(26(19)22)28-13-15-8-4-3-5-9-15/h3-5,8-9H,1,6-7,10-13H2,2H3. The fourth-order valence-electron chi connectivity index (χ4n) is 3.70. The Hall–Kier alpha value is -1.83. The van der Waals surface area contributed by atoms with Crippen molar-refractivity contribution in [3.63, 3.8) is 0 Å². The molecule has 4 aromatic rings. The third-order valence-electron chi connectivity index (χ3n) is 5.06. The zero-order valence-corrected chi connectivity index (χ0v) is 18.8. The summed E-state index contributed by atoms with van der Waals surface area (Å²) >= 11 is 5.30. The highest BCUT2D eigenvalue weighted by atomic mass is 32.2. The molecule has 0 amide bonds. The lowest BCUT2D eigenvalue weighted by molar-refractivity contribution is 0.700. The van der Waals surface area contributed by atoms with Crippen LogP contribution < -0.4 is 0 Å². The van der Waals surface area contributed by atoms with Crippen molar-refractivity contribution in [2.75, 3.05) is 5.75 Å².